The largest absolute Gasteiger partial charge is 0.354 e. The van der Waals surface area contributed by atoms with E-state index in [1.165, 1.54) is 11.1 Å². The number of aryl methyl sites for hydroxylation is 1. The van der Waals surface area contributed by atoms with E-state index >= 15 is 0 Å². The van der Waals surface area contributed by atoms with Gasteiger partial charge in [0.25, 0.3) is 0 Å². The van der Waals surface area contributed by atoms with Crippen LogP contribution in [0.2, 0.25) is 0 Å². The van der Waals surface area contributed by atoms with Crippen molar-refractivity contribution in [1.82, 2.24) is 24.6 Å². The predicted molar refractivity (Wildman–Crippen MR) is 157 cm³/mol. The van der Waals surface area contributed by atoms with E-state index in [1.807, 2.05) is 41.2 Å². The van der Waals surface area contributed by atoms with E-state index in [-0.39, 0.29) is 5.92 Å². The molecule has 2 aromatic carbocycles. The highest BCUT2D eigenvalue weighted by molar-refractivity contribution is 5.88. The molecule has 0 aliphatic carbocycles. The number of carbonyl (C=O) groups is 1. The molecule has 0 N–H and O–H groups in total. The molecular weight excluding hydrogens is 484 g/mol. The van der Waals surface area contributed by atoms with Gasteiger partial charge in [-0.25, -0.2) is 14.6 Å². The molecule has 39 heavy (non-hydrogen) atoms. The first-order chi connectivity index (χ1) is 19.1. The molecule has 0 bridgehead atoms. The Morgan fingerprint density at radius 3 is 2.49 bits per heavy atom. The number of aromatic nitrogens is 4. The monoisotopic (exact) mass is 524 g/mol. The maximum absolute atomic E-state index is 13.4. The van der Waals surface area contributed by atoms with Gasteiger partial charge in [-0.1, -0.05) is 74.7 Å². The summed E-state index contributed by atoms with van der Waals surface area (Å²) in [5.41, 5.74) is 4.21. The fourth-order valence-corrected chi connectivity index (χ4v) is 5.46. The van der Waals surface area contributed by atoms with E-state index in [4.69, 9.17) is 15.1 Å². The summed E-state index contributed by atoms with van der Waals surface area (Å²) in [5, 5.41) is 5.68. The molecule has 1 aliphatic heterocycles. The van der Waals surface area contributed by atoms with Gasteiger partial charge in [0, 0.05) is 38.5 Å². The average Bonchev–Trinajstić information content (AvgIpc) is 3.23. The lowest BCUT2D eigenvalue weighted by molar-refractivity contribution is -0.135. The minimum absolute atomic E-state index is 0.132. The van der Waals surface area contributed by atoms with Gasteiger partial charge in [0.05, 0.1) is 17.3 Å². The average molecular weight is 525 g/mol. The second kappa shape index (κ2) is 12.4. The van der Waals surface area contributed by atoms with Crippen LogP contribution in [-0.2, 0) is 11.2 Å². The number of carbonyl (C=O) groups excluding carboxylic acids is 1. The van der Waals surface area contributed by atoms with E-state index in [1.54, 1.807) is 0 Å². The number of nitrogens with zero attached hydrogens (tertiary/aromatic N) is 6. The van der Waals surface area contributed by atoms with Gasteiger partial charge in [0.15, 0.2) is 5.65 Å². The molecule has 0 unspecified atom stereocenters. The Kier molecular flexibility index (Phi) is 8.54. The molecule has 1 fully saturated rings. The molecule has 2 aromatic heterocycles. The lowest BCUT2D eigenvalue weighted by Crippen LogP contribution is -2.39. The molecule has 0 saturated carbocycles. The van der Waals surface area contributed by atoms with Crippen LogP contribution in [0.15, 0.2) is 60.8 Å². The molecule has 1 saturated heterocycles. The quantitative estimate of drug-likeness (QED) is 0.270. The minimum Gasteiger partial charge on any atom is -0.354 e. The van der Waals surface area contributed by atoms with Crippen LogP contribution in [0.1, 0.15) is 62.9 Å². The standard InChI is InChI=1S/C32H40N6O/c1-4-6-11-26(5-2)32(39)37-19-10-18-36(20-21-37)30-28-23-33-38(27-12-8-7-9-13-27)31(28)35-29(34-30)22-25-16-14-24(3)15-17-25/h7-9,12-17,23,26H,4-6,10-11,18-22H2,1-3H3/t26-/m0/s1. The van der Waals surface area contributed by atoms with E-state index in [2.05, 4.69) is 54.8 Å². The number of anilines is 1. The van der Waals surface area contributed by atoms with Crippen molar-refractivity contribution in [1.29, 1.82) is 0 Å². The highest BCUT2D eigenvalue weighted by Crippen LogP contribution is 2.28. The summed E-state index contributed by atoms with van der Waals surface area (Å²) in [6.07, 6.45) is 7.59. The van der Waals surface area contributed by atoms with Crippen LogP contribution in [0.25, 0.3) is 16.7 Å². The van der Waals surface area contributed by atoms with Crippen LogP contribution in [-0.4, -0.2) is 56.7 Å². The van der Waals surface area contributed by atoms with Crippen molar-refractivity contribution in [2.45, 2.75) is 59.3 Å². The minimum atomic E-state index is 0.132. The lowest BCUT2D eigenvalue weighted by atomic mass is 9.97. The van der Waals surface area contributed by atoms with Crippen LogP contribution >= 0.6 is 0 Å². The third-order valence-electron chi connectivity index (χ3n) is 7.79. The number of hydrogen-bond acceptors (Lipinski definition) is 5. The first-order valence-electron chi connectivity index (χ1n) is 14.5. The summed E-state index contributed by atoms with van der Waals surface area (Å²) in [6, 6.07) is 18.7. The van der Waals surface area contributed by atoms with Crippen molar-refractivity contribution < 1.29 is 4.79 Å². The van der Waals surface area contributed by atoms with Gasteiger partial charge < -0.3 is 9.80 Å². The zero-order chi connectivity index (χ0) is 27.2. The molecule has 7 heteroatoms. The fourth-order valence-electron chi connectivity index (χ4n) is 5.46. The van der Waals surface area contributed by atoms with E-state index in [9.17, 15) is 4.79 Å². The smallest absolute Gasteiger partial charge is 0.225 e. The van der Waals surface area contributed by atoms with Crippen molar-refractivity contribution in [2.75, 3.05) is 31.1 Å². The Labute approximate surface area is 231 Å². The normalized spacial score (nSPS) is 14.9. The number of benzene rings is 2. The van der Waals surface area contributed by atoms with Gasteiger partial charge >= 0.3 is 0 Å². The molecule has 5 rings (SSSR count). The topological polar surface area (TPSA) is 67.2 Å². The SMILES string of the molecule is CCCC[C@H](CC)C(=O)N1CCCN(c2nc(Cc3ccc(C)cc3)nc3c2cnn3-c2ccccc2)CC1. The number of fused-ring (bicyclic) bond motifs is 1. The van der Waals surface area contributed by atoms with Gasteiger partial charge in [0.1, 0.15) is 11.6 Å². The third-order valence-corrected chi connectivity index (χ3v) is 7.79. The fraction of sp³-hybridized carbons (Fsp3) is 0.438. The summed E-state index contributed by atoms with van der Waals surface area (Å²) in [4.78, 5) is 27.9. The molecule has 1 aliphatic rings. The maximum Gasteiger partial charge on any atom is 0.225 e. The first-order valence-corrected chi connectivity index (χ1v) is 14.5. The first kappa shape index (κ1) is 26.9. The zero-order valence-electron chi connectivity index (χ0n) is 23.5. The van der Waals surface area contributed by atoms with Crippen LogP contribution in [0.4, 0.5) is 5.82 Å². The third kappa shape index (κ3) is 6.13. The summed E-state index contributed by atoms with van der Waals surface area (Å²) >= 11 is 0. The summed E-state index contributed by atoms with van der Waals surface area (Å²) < 4.78 is 1.91. The molecule has 3 heterocycles. The van der Waals surface area contributed by atoms with Gasteiger partial charge in [0.2, 0.25) is 5.91 Å². The molecule has 1 atom stereocenters. The van der Waals surface area contributed by atoms with Crippen molar-refractivity contribution >= 4 is 22.8 Å². The molecular formula is C32H40N6O. The number of para-hydroxylation sites is 1. The highest BCUT2D eigenvalue weighted by atomic mass is 16.2. The van der Waals surface area contributed by atoms with Crippen LogP contribution in [0, 0.1) is 12.8 Å². The Morgan fingerprint density at radius 2 is 1.74 bits per heavy atom. The second-order valence-corrected chi connectivity index (χ2v) is 10.7. The maximum atomic E-state index is 13.4. The van der Waals surface area contributed by atoms with E-state index in [0.29, 0.717) is 18.9 Å². The van der Waals surface area contributed by atoms with Crippen molar-refractivity contribution in [3.8, 4) is 5.69 Å². The number of rotatable bonds is 9. The summed E-state index contributed by atoms with van der Waals surface area (Å²) in [5.74, 6) is 2.14. The molecule has 0 radical (unpaired) electrons. The van der Waals surface area contributed by atoms with Crippen molar-refractivity contribution in [3.05, 3.63) is 77.7 Å². The van der Waals surface area contributed by atoms with Crippen LogP contribution in [0.5, 0.6) is 0 Å². The summed E-state index contributed by atoms with van der Waals surface area (Å²) in [6.45, 7) is 9.54. The molecule has 4 aromatic rings. The second-order valence-electron chi connectivity index (χ2n) is 10.7. The van der Waals surface area contributed by atoms with Gasteiger partial charge in [-0.2, -0.15) is 5.10 Å². The van der Waals surface area contributed by atoms with Crippen LogP contribution in [0.3, 0.4) is 0 Å². The Bertz CT molecular complexity index is 1380. The van der Waals surface area contributed by atoms with E-state index < -0.39 is 0 Å². The van der Waals surface area contributed by atoms with Gasteiger partial charge in [-0.3, -0.25) is 4.79 Å². The van der Waals surface area contributed by atoms with Crippen molar-refractivity contribution in [2.24, 2.45) is 5.92 Å². The lowest BCUT2D eigenvalue weighted by Gasteiger charge is -2.26. The predicted octanol–water partition coefficient (Wildman–Crippen LogP) is 5.97. The molecule has 7 nitrogen and oxygen atoms in total. The summed E-state index contributed by atoms with van der Waals surface area (Å²) in [7, 11) is 0. The zero-order valence-corrected chi connectivity index (χ0v) is 23.5. The Morgan fingerprint density at radius 1 is 0.949 bits per heavy atom. The number of amides is 1. The van der Waals surface area contributed by atoms with Gasteiger partial charge in [-0.15, -0.1) is 0 Å². The van der Waals surface area contributed by atoms with E-state index in [0.717, 1.165) is 80.1 Å². The van der Waals surface area contributed by atoms with Gasteiger partial charge in [-0.05, 0) is 43.9 Å². The van der Waals surface area contributed by atoms with Crippen LogP contribution < -0.4 is 4.90 Å². The number of unbranched alkanes of at least 4 members (excludes halogenated alkanes) is 1. The van der Waals surface area contributed by atoms with Crippen molar-refractivity contribution in [3.63, 3.8) is 0 Å². The molecule has 1 amide bonds. The molecule has 0 spiro atoms. The molecule has 204 valence electrons. The number of hydrogen-bond donors (Lipinski definition) is 0. The Balaban J connectivity index is 1.46. The Hall–Kier alpha value is -3.74. The highest BCUT2D eigenvalue weighted by Gasteiger charge is 2.27.